The standard InChI is InChI=1S/C17H19N3O3S/c18-8-6-12-2-1-3-14(10-12)17(21)20-9-7-13-4-5-15(11-16(13)20)24(19,22)23/h1-5,10-11H,6-9,18H2,(H2,19,22,23). The van der Waals surface area contributed by atoms with Crippen molar-refractivity contribution in [1.29, 1.82) is 0 Å². The second-order valence-electron chi connectivity index (χ2n) is 5.78. The number of hydrogen-bond donors (Lipinski definition) is 2. The molecule has 0 bridgehead atoms. The van der Waals surface area contributed by atoms with E-state index < -0.39 is 10.0 Å². The van der Waals surface area contributed by atoms with Crippen molar-refractivity contribution in [3.8, 4) is 0 Å². The average Bonchev–Trinajstić information content (AvgIpc) is 2.97. The Morgan fingerprint density at radius 2 is 1.96 bits per heavy atom. The molecular weight excluding hydrogens is 326 g/mol. The Bertz CT molecular complexity index is 894. The van der Waals surface area contributed by atoms with Gasteiger partial charge >= 0.3 is 0 Å². The summed E-state index contributed by atoms with van der Waals surface area (Å²) in [5, 5.41) is 5.19. The zero-order valence-corrected chi connectivity index (χ0v) is 13.9. The van der Waals surface area contributed by atoms with Crippen LogP contribution in [0.2, 0.25) is 0 Å². The number of sulfonamides is 1. The van der Waals surface area contributed by atoms with Gasteiger partial charge in [0.25, 0.3) is 5.91 Å². The lowest BCUT2D eigenvalue weighted by molar-refractivity contribution is 0.0989. The molecule has 0 aliphatic carbocycles. The van der Waals surface area contributed by atoms with Crippen molar-refractivity contribution in [2.24, 2.45) is 10.9 Å². The smallest absolute Gasteiger partial charge is 0.258 e. The lowest BCUT2D eigenvalue weighted by Crippen LogP contribution is -2.29. The first-order chi connectivity index (χ1) is 11.4. The number of anilines is 1. The van der Waals surface area contributed by atoms with Gasteiger partial charge in [-0.05, 0) is 54.8 Å². The predicted molar refractivity (Wildman–Crippen MR) is 92.4 cm³/mol. The Kier molecular flexibility index (Phi) is 4.40. The van der Waals surface area contributed by atoms with Gasteiger partial charge in [-0.15, -0.1) is 0 Å². The van der Waals surface area contributed by atoms with Crippen LogP contribution >= 0.6 is 0 Å². The molecule has 2 aromatic rings. The SMILES string of the molecule is NCCc1cccc(C(=O)N2CCc3ccc(S(N)(=O)=O)cc32)c1. The van der Waals surface area contributed by atoms with E-state index in [9.17, 15) is 13.2 Å². The minimum absolute atomic E-state index is 0.0119. The van der Waals surface area contributed by atoms with Gasteiger partial charge in [0, 0.05) is 17.8 Å². The van der Waals surface area contributed by atoms with E-state index in [0.29, 0.717) is 37.2 Å². The Morgan fingerprint density at radius 3 is 2.67 bits per heavy atom. The zero-order valence-electron chi connectivity index (χ0n) is 13.1. The third-order valence-corrected chi connectivity index (χ3v) is 5.04. The first-order valence-corrected chi connectivity index (χ1v) is 9.21. The molecule has 0 saturated carbocycles. The maximum Gasteiger partial charge on any atom is 0.258 e. The van der Waals surface area contributed by atoms with E-state index in [4.69, 9.17) is 10.9 Å². The van der Waals surface area contributed by atoms with Crippen LogP contribution in [0.5, 0.6) is 0 Å². The van der Waals surface area contributed by atoms with Gasteiger partial charge in [-0.25, -0.2) is 13.6 Å². The van der Waals surface area contributed by atoms with E-state index in [2.05, 4.69) is 0 Å². The quantitative estimate of drug-likeness (QED) is 0.863. The van der Waals surface area contributed by atoms with E-state index in [-0.39, 0.29) is 10.8 Å². The summed E-state index contributed by atoms with van der Waals surface area (Å²) in [5.74, 6) is -0.154. The molecule has 0 radical (unpaired) electrons. The van der Waals surface area contributed by atoms with Gasteiger partial charge in [0.1, 0.15) is 0 Å². The third-order valence-electron chi connectivity index (χ3n) is 4.13. The molecule has 1 aliphatic rings. The summed E-state index contributed by atoms with van der Waals surface area (Å²) in [6.07, 6.45) is 1.39. The summed E-state index contributed by atoms with van der Waals surface area (Å²) in [5.41, 5.74) is 8.68. The maximum atomic E-state index is 12.8. The highest BCUT2D eigenvalue weighted by Crippen LogP contribution is 2.31. The minimum Gasteiger partial charge on any atom is -0.330 e. The summed E-state index contributed by atoms with van der Waals surface area (Å²) in [7, 11) is -3.80. The second-order valence-corrected chi connectivity index (χ2v) is 7.34. The molecule has 6 nitrogen and oxygen atoms in total. The highest BCUT2D eigenvalue weighted by Gasteiger charge is 2.27. The monoisotopic (exact) mass is 345 g/mol. The fourth-order valence-electron chi connectivity index (χ4n) is 2.93. The molecule has 0 saturated heterocycles. The third kappa shape index (κ3) is 3.19. The number of hydrogen-bond acceptors (Lipinski definition) is 4. The fourth-order valence-corrected chi connectivity index (χ4v) is 3.46. The molecule has 4 N–H and O–H groups in total. The van der Waals surface area contributed by atoms with Crippen LogP contribution in [0.4, 0.5) is 5.69 Å². The molecule has 7 heteroatoms. The number of primary sulfonamides is 1. The normalized spacial score (nSPS) is 13.8. The zero-order chi connectivity index (χ0) is 17.3. The molecule has 1 amide bonds. The van der Waals surface area contributed by atoms with Crippen LogP contribution in [-0.4, -0.2) is 27.4 Å². The van der Waals surface area contributed by atoms with Crippen LogP contribution in [-0.2, 0) is 22.9 Å². The van der Waals surface area contributed by atoms with Crippen molar-refractivity contribution in [2.75, 3.05) is 18.0 Å². The highest BCUT2D eigenvalue weighted by atomic mass is 32.2. The number of nitrogens with zero attached hydrogens (tertiary/aromatic N) is 1. The van der Waals surface area contributed by atoms with Gasteiger partial charge in [-0.2, -0.15) is 0 Å². The average molecular weight is 345 g/mol. The number of benzene rings is 2. The van der Waals surface area contributed by atoms with Crippen LogP contribution in [0, 0.1) is 0 Å². The Morgan fingerprint density at radius 1 is 1.17 bits per heavy atom. The fraction of sp³-hybridized carbons (Fsp3) is 0.235. The second kappa shape index (κ2) is 6.35. The van der Waals surface area contributed by atoms with Gasteiger partial charge in [-0.3, -0.25) is 4.79 Å². The predicted octanol–water partition coefficient (Wildman–Crippen LogP) is 1.04. The topological polar surface area (TPSA) is 106 Å². The molecule has 1 heterocycles. The van der Waals surface area contributed by atoms with Gasteiger partial charge in [0.15, 0.2) is 0 Å². The summed E-state index contributed by atoms with van der Waals surface area (Å²) in [4.78, 5) is 14.5. The summed E-state index contributed by atoms with van der Waals surface area (Å²) >= 11 is 0. The lowest BCUT2D eigenvalue weighted by atomic mass is 10.1. The van der Waals surface area contributed by atoms with Crippen molar-refractivity contribution in [2.45, 2.75) is 17.7 Å². The van der Waals surface area contributed by atoms with Crippen molar-refractivity contribution >= 4 is 21.6 Å². The van der Waals surface area contributed by atoms with E-state index in [0.717, 1.165) is 11.1 Å². The highest BCUT2D eigenvalue weighted by molar-refractivity contribution is 7.89. The number of carbonyl (C=O) groups is 1. The van der Waals surface area contributed by atoms with Crippen LogP contribution in [0.3, 0.4) is 0 Å². The van der Waals surface area contributed by atoms with Gasteiger partial charge in [-0.1, -0.05) is 18.2 Å². The number of nitrogens with two attached hydrogens (primary N) is 2. The minimum atomic E-state index is -3.80. The molecule has 24 heavy (non-hydrogen) atoms. The van der Waals surface area contributed by atoms with Crippen LogP contribution in [0.25, 0.3) is 0 Å². The van der Waals surface area contributed by atoms with Gasteiger partial charge < -0.3 is 10.6 Å². The van der Waals surface area contributed by atoms with Crippen molar-refractivity contribution in [1.82, 2.24) is 0 Å². The molecule has 2 aromatic carbocycles. The molecule has 0 aromatic heterocycles. The molecule has 0 atom stereocenters. The van der Waals surface area contributed by atoms with Crippen LogP contribution < -0.4 is 15.8 Å². The first-order valence-electron chi connectivity index (χ1n) is 7.67. The van der Waals surface area contributed by atoms with Crippen LogP contribution in [0.15, 0.2) is 47.4 Å². The Labute approximate surface area is 141 Å². The van der Waals surface area contributed by atoms with Crippen molar-refractivity contribution in [3.63, 3.8) is 0 Å². The molecular formula is C17H19N3O3S. The first kappa shape index (κ1) is 16.6. The van der Waals surface area contributed by atoms with E-state index in [1.165, 1.54) is 12.1 Å². The number of amides is 1. The van der Waals surface area contributed by atoms with Crippen LogP contribution in [0.1, 0.15) is 21.5 Å². The summed E-state index contributed by atoms with van der Waals surface area (Å²) in [6.45, 7) is 1.03. The molecule has 0 spiro atoms. The molecule has 3 rings (SSSR count). The maximum absolute atomic E-state index is 12.8. The molecule has 126 valence electrons. The summed E-state index contributed by atoms with van der Waals surface area (Å²) in [6, 6.07) is 12.0. The lowest BCUT2D eigenvalue weighted by Gasteiger charge is -2.18. The molecule has 1 aliphatic heterocycles. The molecule has 0 unspecified atom stereocenters. The molecule has 0 fully saturated rings. The Balaban J connectivity index is 1.96. The van der Waals surface area contributed by atoms with E-state index >= 15 is 0 Å². The van der Waals surface area contributed by atoms with E-state index in [1.54, 1.807) is 17.0 Å². The number of rotatable bonds is 4. The van der Waals surface area contributed by atoms with Crippen molar-refractivity contribution < 1.29 is 13.2 Å². The van der Waals surface area contributed by atoms with Crippen molar-refractivity contribution in [3.05, 3.63) is 59.2 Å². The van der Waals surface area contributed by atoms with E-state index in [1.807, 2.05) is 18.2 Å². The van der Waals surface area contributed by atoms with Gasteiger partial charge in [0.2, 0.25) is 10.0 Å². The Hall–Kier alpha value is -2.22. The number of carbonyl (C=O) groups excluding carboxylic acids is 1. The largest absolute Gasteiger partial charge is 0.330 e. The summed E-state index contributed by atoms with van der Waals surface area (Å²) < 4.78 is 23.1. The number of fused-ring (bicyclic) bond motifs is 1. The van der Waals surface area contributed by atoms with Gasteiger partial charge in [0.05, 0.1) is 4.90 Å².